The van der Waals surface area contributed by atoms with E-state index in [0.717, 1.165) is 25.0 Å². The van der Waals surface area contributed by atoms with Crippen LogP contribution in [0.3, 0.4) is 0 Å². The second-order valence-electron chi connectivity index (χ2n) is 6.19. The second-order valence-corrected chi connectivity index (χ2v) is 8.59. The number of carbonyl (C=O) groups is 1. The lowest BCUT2D eigenvalue weighted by molar-refractivity contribution is -0.137. The van der Waals surface area contributed by atoms with Crippen LogP contribution in [0.25, 0.3) is 0 Å². The quantitative estimate of drug-likeness (QED) is 0.747. The molecule has 5 nitrogen and oxygen atoms in total. The minimum Gasteiger partial charge on any atom is -0.326 e. The topological polar surface area (TPSA) is 89.3 Å². The maximum absolute atomic E-state index is 12.9. The molecule has 1 fully saturated rings. The molecule has 0 bridgehead atoms. The summed E-state index contributed by atoms with van der Waals surface area (Å²) in [5, 5.41) is 1.93. The molecule has 0 atom stereocenters. The van der Waals surface area contributed by atoms with E-state index < -0.39 is 32.7 Å². The third kappa shape index (κ3) is 6.14. The zero-order chi connectivity index (χ0) is 18.7. The van der Waals surface area contributed by atoms with Gasteiger partial charge in [-0.2, -0.15) is 13.2 Å². The Morgan fingerprint density at radius 2 is 1.81 bits per heavy atom. The molecule has 0 saturated heterocycles. The zero-order valence-corrected chi connectivity index (χ0v) is 15.6. The van der Waals surface area contributed by atoms with Crippen molar-refractivity contribution >= 4 is 33.8 Å². The van der Waals surface area contributed by atoms with E-state index in [9.17, 15) is 26.4 Å². The lowest BCUT2D eigenvalue weighted by Gasteiger charge is -2.13. The lowest BCUT2D eigenvalue weighted by atomic mass is 10.1. The number of carbonyl (C=O) groups excluding carboxylic acids is 1. The van der Waals surface area contributed by atoms with E-state index >= 15 is 0 Å². The molecule has 1 aliphatic carbocycles. The molecule has 1 saturated carbocycles. The minimum atomic E-state index is -4.56. The number of hydrogen-bond acceptors (Lipinski definition) is 4. The Balaban J connectivity index is 0.00000338. The van der Waals surface area contributed by atoms with Gasteiger partial charge in [-0.3, -0.25) is 4.79 Å². The van der Waals surface area contributed by atoms with Gasteiger partial charge in [0.25, 0.3) is 0 Å². The van der Waals surface area contributed by atoms with Crippen molar-refractivity contribution < 1.29 is 26.4 Å². The first-order valence-electron chi connectivity index (χ1n) is 8.04. The monoisotopic (exact) mass is 414 g/mol. The third-order valence-corrected chi connectivity index (χ3v) is 6.52. The summed E-state index contributed by atoms with van der Waals surface area (Å²) in [4.78, 5) is 11.9. The fourth-order valence-electron chi connectivity index (χ4n) is 2.92. The molecule has 0 aromatic heterocycles. The number of hydrogen-bond donors (Lipinski definition) is 2. The van der Waals surface area contributed by atoms with Crippen LogP contribution in [0.2, 0.25) is 0 Å². The Kier molecular flexibility index (Phi) is 7.91. The van der Waals surface area contributed by atoms with Crippen LogP contribution < -0.4 is 11.1 Å². The van der Waals surface area contributed by atoms with E-state index in [2.05, 4.69) is 5.32 Å². The molecule has 0 aliphatic heterocycles. The van der Waals surface area contributed by atoms with Crippen LogP contribution >= 0.6 is 12.4 Å². The average molecular weight is 415 g/mol. The smallest absolute Gasteiger partial charge is 0.326 e. The largest absolute Gasteiger partial charge is 0.416 e. The fourth-order valence-corrected chi connectivity index (χ4v) is 4.77. The molecule has 0 heterocycles. The molecular formula is C16H22ClF3N2O3S. The molecule has 1 aromatic rings. The molecule has 10 heteroatoms. The first-order valence-corrected chi connectivity index (χ1v) is 9.76. The Morgan fingerprint density at radius 3 is 2.35 bits per heavy atom. The van der Waals surface area contributed by atoms with Crippen molar-refractivity contribution in [2.24, 2.45) is 5.73 Å². The van der Waals surface area contributed by atoms with Gasteiger partial charge in [-0.25, -0.2) is 8.42 Å². The summed E-state index contributed by atoms with van der Waals surface area (Å²) in [5.74, 6) is -0.935. The van der Waals surface area contributed by atoms with Gasteiger partial charge in [-0.1, -0.05) is 12.8 Å². The van der Waals surface area contributed by atoms with Crippen LogP contribution in [-0.2, 0) is 27.4 Å². The molecule has 1 aromatic carbocycles. The molecule has 1 amide bonds. The molecule has 0 radical (unpaired) electrons. The summed E-state index contributed by atoms with van der Waals surface area (Å²) in [6.45, 7) is -0.108. The summed E-state index contributed by atoms with van der Waals surface area (Å²) in [7, 11) is -3.35. The Morgan fingerprint density at radius 1 is 1.19 bits per heavy atom. The van der Waals surface area contributed by atoms with Crippen molar-refractivity contribution in [3.63, 3.8) is 0 Å². The Hall–Kier alpha value is -1.32. The van der Waals surface area contributed by atoms with E-state index in [1.807, 2.05) is 0 Å². The predicted molar refractivity (Wildman–Crippen MR) is 95.9 cm³/mol. The summed E-state index contributed by atoms with van der Waals surface area (Å²) >= 11 is 0. The van der Waals surface area contributed by atoms with E-state index in [4.69, 9.17) is 5.73 Å². The highest BCUT2D eigenvalue weighted by molar-refractivity contribution is 7.92. The number of anilines is 1. The molecule has 148 valence electrons. The van der Waals surface area contributed by atoms with Crippen LogP contribution in [0.1, 0.15) is 43.2 Å². The third-order valence-electron chi connectivity index (χ3n) is 4.26. The van der Waals surface area contributed by atoms with Crippen molar-refractivity contribution in [2.45, 2.75) is 50.1 Å². The summed E-state index contributed by atoms with van der Waals surface area (Å²) < 4.78 is 62.9. The number of nitrogens with two attached hydrogens (primary N) is 1. The highest BCUT2D eigenvalue weighted by atomic mass is 35.5. The number of rotatable bonds is 6. The number of benzene rings is 1. The molecular weight excluding hydrogens is 393 g/mol. The van der Waals surface area contributed by atoms with Crippen LogP contribution in [-0.4, -0.2) is 25.3 Å². The van der Waals surface area contributed by atoms with Crippen molar-refractivity contribution in [2.75, 3.05) is 11.1 Å². The van der Waals surface area contributed by atoms with Gasteiger partial charge >= 0.3 is 6.18 Å². The molecule has 0 spiro atoms. The summed E-state index contributed by atoms with van der Waals surface area (Å²) in [6.07, 6.45) is -1.90. The van der Waals surface area contributed by atoms with E-state index in [1.165, 1.54) is 6.07 Å². The van der Waals surface area contributed by atoms with Gasteiger partial charge in [0.15, 0.2) is 9.84 Å². The van der Waals surface area contributed by atoms with Crippen molar-refractivity contribution in [3.05, 3.63) is 29.3 Å². The normalized spacial score (nSPS) is 15.5. The standard InChI is InChI=1S/C16H21F3N2O3S.ClH/c17-16(18,19)12-7-11(10-20)8-13(9-12)21-15(22)5-6-25(23,24)14-3-1-2-4-14;/h7-9,14H,1-6,10,20H2,(H,21,22);1H. The van der Waals surface area contributed by atoms with Gasteiger partial charge in [0.2, 0.25) is 5.91 Å². The average Bonchev–Trinajstić information content (AvgIpc) is 3.07. The first-order chi connectivity index (χ1) is 11.6. The van der Waals surface area contributed by atoms with E-state index in [1.54, 1.807) is 0 Å². The first kappa shape index (κ1) is 22.7. The molecule has 2 rings (SSSR count). The van der Waals surface area contributed by atoms with Gasteiger partial charge < -0.3 is 11.1 Å². The number of amides is 1. The lowest BCUT2D eigenvalue weighted by Crippen LogP contribution is -2.24. The van der Waals surface area contributed by atoms with Gasteiger partial charge in [-0.05, 0) is 36.6 Å². The van der Waals surface area contributed by atoms with E-state index in [-0.39, 0.29) is 42.4 Å². The number of sulfone groups is 1. The Bertz CT molecular complexity index is 733. The van der Waals surface area contributed by atoms with Crippen LogP contribution in [0, 0.1) is 0 Å². The summed E-state index contributed by atoms with van der Waals surface area (Å²) in [5.41, 5.74) is 4.66. The van der Waals surface area contributed by atoms with Gasteiger partial charge in [0, 0.05) is 18.7 Å². The summed E-state index contributed by atoms with van der Waals surface area (Å²) in [6, 6.07) is 3.07. The highest BCUT2D eigenvalue weighted by Crippen LogP contribution is 2.32. The predicted octanol–water partition coefficient (Wildman–Crippen LogP) is 3.27. The van der Waals surface area contributed by atoms with Crippen LogP contribution in [0.15, 0.2) is 18.2 Å². The second kappa shape index (κ2) is 9.05. The molecule has 3 N–H and O–H groups in total. The maximum Gasteiger partial charge on any atom is 0.416 e. The molecule has 26 heavy (non-hydrogen) atoms. The van der Waals surface area contributed by atoms with Crippen molar-refractivity contribution in [1.29, 1.82) is 0 Å². The van der Waals surface area contributed by atoms with Gasteiger partial charge in [-0.15, -0.1) is 12.4 Å². The minimum absolute atomic E-state index is 0. The number of nitrogens with one attached hydrogen (secondary N) is 1. The van der Waals surface area contributed by atoms with Crippen molar-refractivity contribution in [3.8, 4) is 0 Å². The molecule has 1 aliphatic rings. The zero-order valence-electron chi connectivity index (χ0n) is 14.0. The van der Waals surface area contributed by atoms with Crippen molar-refractivity contribution in [1.82, 2.24) is 0 Å². The fraction of sp³-hybridized carbons (Fsp3) is 0.562. The number of halogens is 4. The number of alkyl halides is 3. The van der Waals surface area contributed by atoms with Gasteiger partial charge in [0.1, 0.15) is 0 Å². The maximum atomic E-state index is 12.9. The SMILES string of the molecule is Cl.NCc1cc(NC(=O)CCS(=O)(=O)C2CCCC2)cc(C(F)(F)F)c1. The van der Waals surface area contributed by atoms with E-state index in [0.29, 0.717) is 12.8 Å². The van der Waals surface area contributed by atoms with Crippen LogP contribution in [0.4, 0.5) is 18.9 Å². The molecule has 0 unspecified atom stereocenters. The highest BCUT2D eigenvalue weighted by Gasteiger charge is 2.31. The van der Waals surface area contributed by atoms with Gasteiger partial charge in [0.05, 0.1) is 16.6 Å². The van der Waals surface area contributed by atoms with Crippen LogP contribution in [0.5, 0.6) is 0 Å². The Labute approximate surface area is 156 Å².